The van der Waals surface area contributed by atoms with Crippen molar-refractivity contribution in [2.75, 3.05) is 33.2 Å². The van der Waals surface area contributed by atoms with Gasteiger partial charge in [-0.05, 0) is 66.4 Å². The third-order valence-corrected chi connectivity index (χ3v) is 6.57. The van der Waals surface area contributed by atoms with E-state index in [1.165, 1.54) is 0 Å². The summed E-state index contributed by atoms with van der Waals surface area (Å²) in [6.45, 7) is 2.84. The lowest BCUT2D eigenvalue weighted by Crippen LogP contribution is -2.40. The molecule has 0 unspecified atom stereocenters. The van der Waals surface area contributed by atoms with Crippen LogP contribution in [0.2, 0.25) is 0 Å². The van der Waals surface area contributed by atoms with Crippen molar-refractivity contribution in [2.45, 2.75) is 38.8 Å². The zero-order chi connectivity index (χ0) is 27.1. The van der Waals surface area contributed by atoms with Crippen molar-refractivity contribution in [1.29, 1.82) is 0 Å². The monoisotopic (exact) mass is 518 g/mol. The van der Waals surface area contributed by atoms with Gasteiger partial charge in [0.1, 0.15) is 11.5 Å². The minimum Gasteiger partial charge on any atom is -0.497 e. The predicted octanol–water partition coefficient (Wildman–Crippen LogP) is 4.64. The highest BCUT2D eigenvalue weighted by molar-refractivity contribution is 5.92. The normalized spacial score (nSPS) is 14.7. The lowest BCUT2D eigenvalue weighted by molar-refractivity contribution is -0.138. The highest BCUT2D eigenvalue weighted by Crippen LogP contribution is 2.31. The van der Waals surface area contributed by atoms with E-state index < -0.39 is 6.10 Å². The van der Waals surface area contributed by atoms with Crippen molar-refractivity contribution in [2.24, 2.45) is 0 Å². The van der Waals surface area contributed by atoms with Crippen LogP contribution >= 0.6 is 0 Å². The van der Waals surface area contributed by atoms with E-state index in [9.17, 15) is 9.59 Å². The second-order valence-corrected chi connectivity index (χ2v) is 9.11. The average molecular weight is 519 g/mol. The second kappa shape index (κ2) is 12.4. The van der Waals surface area contributed by atoms with E-state index >= 15 is 0 Å². The number of rotatable bonds is 10. The van der Waals surface area contributed by atoms with E-state index in [1.54, 1.807) is 27.4 Å². The summed E-state index contributed by atoms with van der Waals surface area (Å²) in [6, 6.07) is 18.7. The van der Waals surface area contributed by atoms with E-state index in [2.05, 4.69) is 5.32 Å². The van der Waals surface area contributed by atoms with Gasteiger partial charge in [-0.3, -0.25) is 9.59 Å². The van der Waals surface area contributed by atoms with Crippen LogP contribution in [-0.2, 0) is 29.0 Å². The van der Waals surface area contributed by atoms with Gasteiger partial charge < -0.3 is 29.2 Å². The number of anilines is 1. The van der Waals surface area contributed by atoms with E-state index in [4.69, 9.17) is 18.9 Å². The Bertz CT molecular complexity index is 1270. The van der Waals surface area contributed by atoms with Crippen LogP contribution < -0.4 is 24.3 Å². The quantitative estimate of drug-likeness (QED) is 0.421. The number of ether oxygens (including phenoxy) is 4. The van der Waals surface area contributed by atoms with Crippen LogP contribution in [0.1, 0.15) is 30.0 Å². The van der Waals surface area contributed by atoms with Gasteiger partial charge in [0, 0.05) is 24.3 Å². The number of carbonyl (C=O) groups excluding carboxylic acids is 2. The van der Waals surface area contributed by atoms with Gasteiger partial charge >= 0.3 is 0 Å². The van der Waals surface area contributed by atoms with Crippen molar-refractivity contribution < 1.29 is 28.5 Å². The molecule has 1 heterocycles. The topological polar surface area (TPSA) is 86.3 Å². The summed E-state index contributed by atoms with van der Waals surface area (Å²) in [6.07, 6.45) is 0.893. The Labute approximate surface area is 223 Å². The molecule has 1 aliphatic rings. The maximum Gasteiger partial charge on any atom is 0.263 e. The summed E-state index contributed by atoms with van der Waals surface area (Å²) < 4.78 is 22.0. The molecule has 38 heavy (non-hydrogen) atoms. The lowest BCUT2D eigenvalue weighted by Gasteiger charge is -2.23. The maximum absolute atomic E-state index is 13.3. The first-order valence-electron chi connectivity index (χ1n) is 12.7. The SMILES string of the molecule is CC[C@H]1Oc2ccc(NC(=O)Cc3ccc(OC)cc3)cc2CN(CCc2ccc(OC)c(OC)c2)C1=O. The van der Waals surface area contributed by atoms with Gasteiger partial charge in [-0.15, -0.1) is 0 Å². The highest BCUT2D eigenvalue weighted by atomic mass is 16.5. The molecule has 2 amide bonds. The Morgan fingerprint density at radius 3 is 2.37 bits per heavy atom. The first-order valence-corrected chi connectivity index (χ1v) is 12.7. The summed E-state index contributed by atoms with van der Waals surface area (Å²) in [4.78, 5) is 27.8. The van der Waals surface area contributed by atoms with Gasteiger partial charge in [0.2, 0.25) is 5.91 Å². The van der Waals surface area contributed by atoms with Crippen molar-refractivity contribution in [3.8, 4) is 23.0 Å². The first-order chi connectivity index (χ1) is 18.4. The smallest absolute Gasteiger partial charge is 0.263 e. The summed E-state index contributed by atoms with van der Waals surface area (Å²) in [5.74, 6) is 2.55. The Hall–Kier alpha value is -4.20. The molecule has 200 valence electrons. The van der Waals surface area contributed by atoms with Gasteiger partial charge in [-0.1, -0.05) is 25.1 Å². The molecule has 8 heteroatoms. The molecular formula is C30H34N2O6. The molecule has 1 N–H and O–H groups in total. The molecule has 3 aromatic carbocycles. The average Bonchev–Trinajstić information content (AvgIpc) is 3.07. The van der Waals surface area contributed by atoms with E-state index in [-0.39, 0.29) is 18.2 Å². The number of hydrogen-bond donors (Lipinski definition) is 1. The van der Waals surface area contributed by atoms with E-state index in [1.807, 2.05) is 66.4 Å². The number of nitrogens with zero attached hydrogens (tertiary/aromatic N) is 1. The molecule has 0 saturated heterocycles. The number of amides is 2. The standard InChI is InChI=1S/C30H34N2O6/c1-5-25-30(34)32(15-14-21-8-12-27(36-3)28(16-21)37-4)19-22-18-23(9-13-26(22)38-25)31-29(33)17-20-6-10-24(35-2)11-7-20/h6-13,16,18,25H,5,14-15,17,19H2,1-4H3,(H,31,33)/t25-/m1/s1. The van der Waals surface area contributed by atoms with Crippen molar-refractivity contribution in [1.82, 2.24) is 4.90 Å². The van der Waals surface area contributed by atoms with Crippen LogP contribution in [0.5, 0.6) is 23.0 Å². The summed E-state index contributed by atoms with van der Waals surface area (Å²) in [5.41, 5.74) is 3.43. The summed E-state index contributed by atoms with van der Waals surface area (Å²) >= 11 is 0. The van der Waals surface area contributed by atoms with Gasteiger partial charge in [0.25, 0.3) is 5.91 Å². The van der Waals surface area contributed by atoms with Crippen LogP contribution in [0.4, 0.5) is 5.69 Å². The fourth-order valence-electron chi connectivity index (χ4n) is 4.47. The van der Waals surface area contributed by atoms with Crippen molar-refractivity contribution in [3.63, 3.8) is 0 Å². The maximum atomic E-state index is 13.3. The Morgan fingerprint density at radius 2 is 1.68 bits per heavy atom. The minimum atomic E-state index is -0.558. The molecule has 0 radical (unpaired) electrons. The van der Waals surface area contributed by atoms with Crippen LogP contribution in [0.15, 0.2) is 60.7 Å². The third kappa shape index (κ3) is 6.37. The molecule has 0 fully saturated rings. The van der Waals surface area contributed by atoms with Gasteiger partial charge in [0.05, 0.1) is 27.8 Å². The van der Waals surface area contributed by atoms with Crippen LogP contribution in [0.3, 0.4) is 0 Å². The summed E-state index contributed by atoms with van der Waals surface area (Å²) in [5, 5.41) is 2.97. The highest BCUT2D eigenvalue weighted by Gasteiger charge is 2.30. The van der Waals surface area contributed by atoms with Gasteiger partial charge in [-0.25, -0.2) is 0 Å². The van der Waals surface area contributed by atoms with Gasteiger partial charge in [0.15, 0.2) is 17.6 Å². The minimum absolute atomic E-state index is 0.0470. The molecule has 3 aromatic rings. The molecule has 1 aliphatic heterocycles. The number of carbonyl (C=O) groups is 2. The molecule has 0 aromatic heterocycles. The van der Waals surface area contributed by atoms with Crippen molar-refractivity contribution >= 4 is 17.5 Å². The van der Waals surface area contributed by atoms with Crippen molar-refractivity contribution in [3.05, 3.63) is 77.4 Å². The Balaban J connectivity index is 1.47. The predicted molar refractivity (Wildman–Crippen MR) is 145 cm³/mol. The first kappa shape index (κ1) is 26.9. The number of benzene rings is 3. The molecule has 0 spiro atoms. The zero-order valence-corrected chi connectivity index (χ0v) is 22.3. The largest absolute Gasteiger partial charge is 0.497 e. The Morgan fingerprint density at radius 1 is 0.947 bits per heavy atom. The van der Waals surface area contributed by atoms with E-state index in [0.29, 0.717) is 48.9 Å². The molecule has 8 nitrogen and oxygen atoms in total. The molecule has 0 saturated carbocycles. The van der Waals surface area contributed by atoms with Gasteiger partial charge in [-0.2, -0.15) is 0 Å². The Kier molecular flexibility index (Phi) is 8.73. The second-order valence-electron chi connectivity index (χ2n) is 9.11. The number of hydrogen-bond acceptors (Lipinski definition) is 6. The molecule has 0 aliphatic carbocycles. The zero-order valence-electron chi connectivity index (χ0n) is 22.3. The fraction of sp³-hybridized carbons (Fsp3) is 0.333. The third-order valence-electron chi connectivity index (χ3n) is 6.57. The fourth-order valence-corrected chi connectivity index (χ4v) is 4.47. The van der Waals surface area contributed by atoms with Crippen LogP contribution in [0, 0.1) is 0 Å². The lowest BCUT2D eigenvalue weighted by atomic mass is 10.1. The van der Waals surface area contributed by atoms with E-state index in [0.717, 1.165) is 22.4 Å². The summed E-state index contributed by atoms with van der Waals surface area (Å²) in [7, 11) is 4.82. The van der Waals surface area contributed by atoms with Crippen LogP contribution in [0.25, 0.3) is 0 Å². The number of nitrogens with one attached hydrogen (secondary N) is 1. The number of methoxy groups -OCH3 is 3. The van der Waals surface area contributed by atoms with Crippen LogP contribution in [-0.4, -0.2) is 50.7 Å². The number of fused-ring (bicyclic) bond motifs is 1. The molecule has 1 atom stereocenters. The molecular weight excluding hydrogens is 484 g/mol. The molecule has 0 bridgehead atoms. The molecule has 4 rings (SSSR count).